The molecule has 1 saturated carbocycles. The van der Waals surface area contributed by atoms with E-state index in [-0.39, 0.29) is 23.3 Å². The van der Waals surface area contributed by atoms with E-state index in [1.807, 2.05) is 0 Å². The first kappa shape index (κ1) is 18.0. The van der Waals surface area contributed by atoms with Gasteiger partial charge in [0.1, 0.15) is 5.75 Å². The van der Waals surface area contributed by atoms with Crippen molar-refractivity contribution in [1.29, 1.82) is 0 Å². The minimum absolute atomic E-state index is 0.0348. The number of aliphatic hydroxyl groups excluding tert-OH is 1. The summed E-state index contributed by atoms with van der Waals surface area (Å²) < 4.78 is 38.8. The Labute approximate surface area is 154 Å². The van der Waals surface area contributed by atoms with Crippen molar-refractivity contribution in [2.45, 2.75) is 50.9 Å². The molecule has 144 valence electrons. The second-order valence-corrected chi connectivity index (χ2v) is 7.27. The summed E-state index contributed by atoms with van der Waals surface area (Å²) >= 11 is 0. The number of aromatic hydroxyl groups is 1. The zero-order valence-corrected chi connectivity index (χ0v) is 14.8. The number of nitrogens with zero attached hydrogens (tertiary/aromatic N) is 3. The van der Waals surface area contributed by atoms with Gasteiger partial charge in [0.2, 0.25) is 0 Å². The Hall–Kier alpha value is -2.35. The second-order valence-electron chi connectivity index (χ2n) is 7.27. The average molecular weight is 379 g/mol. The fourth-order valence-corrected chi connectivity index (χ4v) is 4.19. The zero-order valence-electron chi connectivity index (χ0n) is 14.8. The molecule has 0 radical (unpaired) electrons. The van der Waals surface area contributed by atoms with Crippen LogP contribution >= 0.6 is 0 Å². The predicted octanol–water partition coefficient (Wildman–Crippen LogP) is 3.45. The van der Waals surface area contributed by atoms with E-state index >= 15 is 0 Å². The number of aryl methyl sites for hydroxylation is 1. The minimum Gasteiger partial charge on any atom is -0.507 e. The molecule has 5 nitrogen and oxygen atoms in total. The summed E-state index contributed by atoms with van der Waals surface area (Å²) in [6.45, 7) is 2.24. The Morgan fingerprint density at radius 2 is 1.93 bits per heavy atom. The highest BCUT2D eigenvalue weighted by Crippen LogP contribution is 2.40. The van der Waals surface area contributed by atoms with E-state index in [0.717, 1.165) is 49.9 Å². The number of hydrogen-bond acceptors (Lipinski definition) is 5. The van der Waals surface area contributed by atoms with Crippen molar-refractivity contribution in [3.63, 3.8) is 0 Å². The van der Waals surface area contributed by atoms with Gasteiger partial charge in [-0.15, -0.1) is 10.2 Å². The van der Waals surface area contributed by atoms with Crippen LogP contribution in [0.15, 0.2) is 18.2 Å². The maximum atomic E-state index is 12.9. The molecule has 2 aliphatic rings. The molecule has 1 aliphatic heterocycles. The van der Waals surface area contributed by atoms with Crippen molar-refractivity contribution < 1.29 is 23.4 Å². The van der Waals surface area contributed by atoms with Gasteiger partial charge in [-0.05, 0) is 56.4 Å². The third-order valence-corrected chi connectivity index (χ3v) is 5.49. The summed E-state index contributed by atoms with van der Waals surface area (Å²) in [5, 5.41) is 28.8. The monoisotopic (exact) mass is 379 g/mol. The molecule has 1 aromatic carbocycles. The van der Waals surface area contributed by atoms with Crippen LogP contribution in [0.3, 0.4) is 0 Å². The van der Waals surface area contributed by atoms with Gasteiger partial charge in [-0.3, -0.25) is 0 Å². The molecule has 2 N–H and O–H groups in total. The summed E-state index contributed by atoms with van der Waals surface area (Å²) in [5.41, 5.74) is 0.941. The van der Waals surface area contributed by atoms with Crippen molar-refractivity contribution in [3.8, 4) is 17.0 Å². The molecule has 0 amide bonds. The molecule has 1 fully saturated rings. The van der Waals surface area contributed by atoms with E-state index in [2.05, 4.69) is 15.1 Å². The van der Waals surface area contributed by atoms with Crippen LogP contribution in [0.2, 0.25) is 0 Å². The average Bonchev–Trinajstić information content (AvgIpc) is 3.18. The Morgan fingerprint density at radius 1 is 1.15 bits per heavy atom. The number of anilines is 1. The lowest BCUT2D eigenvalue weighted by molar-refractivity contribution is -0.137. The first-order chi connectivity index (χ1) is 12.8. The van der Waals surface area contributed by atoms with E-state index in [0.29, 0.717) is 11.5 Å². The summed E-state index contributed by atoms with van der Waals surface area (Å²) in [6, 6.07) is 3.54. The summed E-state index contributed by atoms with van der Waals surface area (Å²) in [4.78, 5) is 2.07. The standard InChI is InChI=1S/C19H20F3N3O2/c1-10-7-12(19(20,21)22)9-16(27)17(10)13-8-11-5-6-25(18(11)24-23-13)14-3-2-4-15(14)26/h7-9,14-15,26-27H,2-6H2,1H3/t14-,15+/m0/s1. The Balaban J connectivity index is 1.69. The van der Waals surface area contributed by atoms with Crippen LogP contribution in [0, 0.1) is 6.92 Å². The lowest BCUT2D eigenvalue weighted by atomic mass is 9.99. The fraction of sp³-hybridized carbons (Fsp3) is 0.474. The number of phenols is 1. The molecule has 0 bridgehead atoms. The van der Waals surface area contributed by atoms with E-state index in [1.54, 1.807) is 6.07 Å². The van der Waals surface area contributed by atoms with Gasteiger partial charge in [0.15, 0.2) is 5.82 Å². The third kappa shape index (κ3) is 3.12. The number of phenolic OH excluding ortho intramolecular Hbond substituents is 1. The van der Waals surface area contributed by atoms with Crippen molar-refractivity contribution in [2.75, 3.05) is 11.4 Å². The predicted molar refractivity (Wildman–Crippen MR) is 93.6 cm³/mol. The van der Waals surface area contributed by atoms with Crippen LogP contribution in [0.4, 0.5) is 19.0 Å². The second kappa shape index (κ2) is 6.37. The zero-order chi connectivity index (χ0) is 19.3. The van der Waals surface area contributed by atoms with Gasteiger partial charge in [0.05, 0.1) is 23.4 Å². The largest absolute Gasteiger partial charge is 0.507 e. The molecule has 0 unspecified atom stereocenters. The molecule has 8 heteroatoms. The van der Waals surface area contributed by atoms with Crippen LogP contribution in [-0.2, 0) is 12.6 Å². The van der Waals surface area contributed by atoms with E-state index in [1.165, 1.54) is 6.92 Å². The van der Waals surface area contributed by atoms with Gasteiger partial charge in [-0.25, -0.2) is 0 Å². The topological polar surface area (TPSA) is 69.5 Å². The number of aromatic nitrogens is 2. The van der Waals surface area contributed by atoms with Crippen molar-refractivity contribution >= 4 is 5.82 Å². The highest BCUT2D eigenvalue weighted by molar-refractivity contribution is 5.73. The third-order valence-electron chi connectivity index (χ3n) is 5.49. The Kier molecular flexibility index (Phi) is 4.25. The van der Waals surface area contributed by atoms with E-state index in [9.17, 15) is 23.4 Å². The van der Waals surface area contributed by atoms with Crippen LogP contribution in [0.25, 0.3) is 11.3 Å². The molecule has 4 rings (SSSR count). The number of aliphatic hydroxyl groups is 1. The van der Waals surface area contributed by atoms with Crippen molar-refractivity contribution in [2.24, 2.45) is 0 Å². The summed E-state index contributed by atoms with van der Waals surface area (Å²) in [7, 11) is 0. The molecule has 0 saturated heterocycles. The summed E-state index contributed by atoms with van der Waals surface area (Å²) in [5.74, 6) is 0.256. The first-order valence-corrected chi connectivity index (χ1v) is 8.98. The number of benzene rings is 1. The van der Waals surface area contributed by atoms with Gasteiger partial charge in [0.25, 0.3) is 0 Å². The highest BCUT2D eigenvalue weighted by Gasteiger charge is 2.36. The molecule has 1 aliphatic carbocycles. The summed E-state index contributed by atoms with van der Waals surface area (Å²) in [6.07, 6.45) is -1.52. The molecule has 2 atom stereocenters. The maximum Gasteiger partial charge on any atom is 0.416 e. The van der Waals surface area contributed by atoms with Gasteiger partial charge < -0.3 is 15.1 Å². The maximum absolute atomic E-state index is 12.9. The molecule has 27 heavy (non-hydrogen) atoms. The van der Waals surface area contributed by atoms with Gasteiger partial charge in [-0.2, -0.15) is 13.2 Å². The lowest BCUT2D eigenvalue weighted by Crippen LogP contribution is -2.39. The quantitative estimate of drug-likeness (QED) is 0.837. The number of alkyl halides is 3. The van der Waals surface area contributed by atoms with Crippen LogP contribution in [0.5, 0.6) is 5.75 Å². The van der Waals surface area contributed by atoms with E-state index in [4.69, 9.17) is 0 Å². The molecule has 0 spiro atoms. The van der Waals surface area contributed by atoms with Crippen LogP contribution in [0.1, 0.15) is 36.0 Å². The molecule has 1 aromatic heterocycles. The Bertz CT molecular complexity index is 862. The SMILES string of the molecule is Cc1cc(C(F)(F)F)cc(O)c1-c1cc2c(nn1)N([C@H]1CCC[C@H]1O)CC2. The van der Waals surface area contributed by atoms with Gasteiger partial charge >= 0.3 is 6.18 Å². The normalized spacial score (nSPS) is 22.3. The number of rotatable bonds is 2. The van der Waals surface area contributed by atoms with Crippen molar-refractivity contribution in [3.05, 3.63) is 34.9 Å². The number of halogens is 3. The van der Waals surface area contributed by atoms with Gasteiger partial charge in [0, 0.05) is 17.7 Å². The minimum atomic E-state index is -4.52. The number of hydrogen-bond donors (Lipinski definition) is 2. The molecular weight excluding hydrogens is 359 g/mol. The molecular formula is C19H20F3N3O2. The van der Waals surface area contributed by atoms with E-state index < -0.39 is 17.5 Å². The number of fused-ring (bicyclic) bond motifs is 1. The van der Waals surface area contributed by atoms with Gasteiger partial charge in [-0.1, -0.05) is 0 Å². The Morgan fingerprint density at radius 3 is 2.56 bits per heavy atom. The van der Waals surface area contributed by atoms with Crippen LogP contribution in [-0.4, -0.2) is 39.1 Å². The lowest BCUT2D eigenvalue weighted by Gasteiger charge is -2.28. The van der Waals surface area contributed by atoms with Crippen molar-refractivity contribution in [1.82, 2.24) is 10.2 Å². The van der Waals surface area contributed by atoms with Crippen LogP contribution < -0.4 is 4.90 Å². The first-order valence-electron chi connectivity index (χ1n) is 8.98. The molecule has 2 aromatic rings. The highest BCUT2D eigenvalue weighted by atomic mass is 19.4. The smallest absolute Gasteiger partial charge is 0.416 e. The molecule has 2 heterocycles. The fourth-order valence-electron chi connectivity index (χ4n) is 4.19.